The lowest BCUT2D eigenvalue weighted by Crippen LogP contribution is -2.68. The van der Waals surface area contributed by atoms with E-state index in [1.807, 2.05) is 0 Å². The van der Waals surface area contributed by atoms with Gasteiger partial charge in [0.05, 0.1) is 7.05 Å². The molecule has 0 bridgehead atoms. The molecule has 6 nitrogen and oxygen atoms in total. The Labute approximate surface area is 154 Å². The van der Waals surface area contributed by atoms with Crippen LogP contribution in [0, 0.1) is 24.1 Å². The fourth-order valence-corrected chi connectivity index (χ4v) is 2.87. The quantitative estimate of drug-likeness (QED) is 0.538. The molecule has 0 aliphatic carbocycles. The third-order valence-corrected chi connectivity index (χ3v) is 4.15. The van der Waals surface area contributed by atoms with Crippen molar-refractivity contribution in [1.29, 1.82) is 0 Å². The first kappa shape index (κ1) is 20.1. The SMILES string of the molecule is Cc1ccc(-c2cc(-c3ccccc3)[n+](C)n2C)c(C)c1.[O-][Cl+3]([O-])([O-])[O-]. The molecule has 0 radical (unpaired) electrons. The Hall–Kier alpha value is -2.22. The summed E-state index contributed by atoms with van der Waals surface area (Å²) in [5.41, 5.74) is 7.63. The Morgan fingerprint density at radius 2 is 1.46 bits per heavy atom. The summed E-state index contributed by atoms with van der Waals surface area (Å²) in [6, 6.07) is 19.4. The maximum Gasteiger partial charge on any atom is 0.238 e. The number of aryl methyl sites for hydroxylation is 2. The Bertz CT molecular complexity index is 881. The molecule has 3 aromatic rings. The molecule has 0 fully saturated rings. The zero-order valence-corrected chi connectivity index (χ0v) is 15.9. The molecule has 2 aromatic carbocycles. The van der Waals surface area contributed by atoms with E-state index in [4.69, 9.17) is 18.6 Å². The number of aromatic nitrogens is 2. The molecule has 0 amide bonds. The fourth-order valence-electron chi connectivity index (χ4n) is 2.87. The average molecular weight is 377 g/mol. The van der Waals surface area contributed by atoms with Gasteiger partial charge in [0.2, 0.25) is 5.69 Å². The minimum Gasteiger partial charge on any atom is -0.222 e. The van der Waals surface area contributed by atoms with Crippen molar-refractivity contribution in [2.45, 2.75) is 13.8 Å². The summed E-state index contributed by atoms with van der Waals surface area (Å²) >= 11 is 0. The first-order chi connectivity index (χ1) is 12.1. The third-order valence-electron chi connectivity index (χ3n) is 4.15. The second kappa shape index (κ2) is 7.99. The Morgan fingerprint density at radius 3 is 2.00 bits per heavy atom. The van der Waals surface area contributed by atoms with Gasteiger partial charge in [0.15, 0.2) is 7.05 Å². The van der Waals surface area contributed by atoms with Crippen molar-refractivity contribution in [3.8, 4) is 22.5 Å². The van der Waals surface area contributed by atoms with Crippen LogP contribution in [0.3, 0.4) is 0 Å². The molecule has 0 unspecified atom stereocenters. The summed E-state index contributed by atoms with van der Waals surface area (Å²) < 4.78 is 38.4. The highest BCUT2D eigenvalue weighted by Gasteiger charge is 2.20. The predicted octanol–water partition coefficient (Wildman–Crippen LogP) is -0.956. The van der Waals surface area contributed by atoms with Crippen LogP contribution in [-0.4, -0.2) is 4.68 Å². The Balaban J connectivity index is 0.000000431. The van der Waals surface area contributed by atoms with Crippen molar-refractivity contribution >= 4 is 0 Å². The highest BCUT2D eigenvalue weighted by molar-refractivity contribution is 5.69. The first-order valence-electron chi connectivity index (χ1n) is 7.88. The highest BCUT2D eigenvalue weighted by Crippen LogP contribution is 2.27. The highest BCUT2D eigenvalue weighted by atomic mass is 35.7. The van der Waals surface area contributed by atoms with Gasteiger partial charge in [-0.1, -0.05) is 42.0 Å². The monoisotopic (exact) mass is 376 g/mol. The topological polar surface area (TPSA) is 101 Å². The minimum absolute atomic E-state index is 1.23. The molecule has 0 spiro atoms. The maximum atomic E-state index is 8.49. The van der Waals surface area contributed by atoms with Gasteiger partial charge >= 0.3 is 0 Å². The van der Waals surface area contributed by atoms with Crippen LogP contribution in [-0.2, 0) is 14.1 Å². The van der Waals surface area contributed by atoms with Gasteiger partial charge in [-0.15, -0.1) is 14.9 Å². The van der Waals surface area contributed by atoms with Crippen LogP contribution in [0.2, 0.25) is 0 Å². The molecule has 1 aromatic heterocycles. The largest absolute Gasteiger partial charge is 0.238 e. The van der Waals surface area contributed by atoms with Gasteiger partial charge in [-0.25, -0.2) is 18.6 Å². The van der Waals surface area contributed by atoms with Gasteiger partial charge in [-0.2, -0.15) is 4.68 Å². The smallest absolute Gasteiger partial charge is 0.222 e. The van der Waals surface area contributed by atoms with Gasteiger partial charge in [0.25, 0.3) is 0 Å². The predicted molar refractivity (Wildman–Crippen MR) is 86.9 cm³/mol. The third kappa shape index (κ3) is 5.14. The fraction of sp³-hybridized carbons (Fsp3) is 0.211. The molecule has 1 heterocycles. The summed E-state index contributed by atoms with van der Waals surface area (Å²) in [6.45, 7) is 4.31. The van der Waals surface area contributed by atoms with Crippen molar-refractivity contribution in [2.24, 2.45) is 14.1 Å². The van der Waals surface area contributed by atoms with Crippen molar-refractivity contribution in [3.63, 3.8) is 0 Å². The van der Waals surface area contributed by atoms with Crippen LogP contribution in [0.4, 0.5) is 0 Å². The van der Waals surface area contributed by atoms with Gasteiger partial charge < -0.3 is 0 Å². The van der Waals surface area contributed by atoms with E-state index in [9.17, 15) is 0 Å². The van der Waals surface area contributed by atoms with E-state index in [0.717, 1.165) is 0 Å². The normalized spacial score (nSPS) is 11.1. The molecule has 0 aliphatic heterocycles. The van der Waals surface area contributed by atoms with E-state index in [1.54, 1.807) is 0 Å². The van der Waals surface area contributed by atoms with Gasteiger partial charge in [0, 0.05) is 17.2 Å². The van der Waals surface area contributed by atoms with Gasteiger partial charge in [-0.05, 0) is 31.5 Å². The van der Waals surface area contributed by atoms with Crippen molar-refractivity contribution in [1.82, 2.24) is 4.68 Å². The summed E-state index contributed by atoms with van der Waals surface area (Å²) in [7, 11) is -0.726. The molecule has 0 saturated carbocycles. The summed E-state index contributed by atoms with van der Waals surface area (Å²) in [4.78, 5) is 0. The van der Waals surface area contributed by atoms with E-state index in [-0.39, 0.29) is 0 Å². The van der Waals surface area contributed by atoms with Crippen LogP contribution in [0.15, 0.2) is 54.6 Å². The molecular weight excluding hydrogens is 356 g/mol. The van der Waals surface area contributed by atoms with Crippen LogP contribution in [0.5, 0.6) is 0 Å². The lowest BCUT2D eigenvalue weighted by atomic mass is 10.0. The van der Waals surface area contributed by atoms with Crippen LogP contribution < -0.4 is 23.3 Å². The zero-order chi connectivity index (χ0) is 19.5. The summed E-state index contributed by atoms with van der Waals surface area (Å²) in [6.07, 6.45) is 0. The number of nitrogens with zero attached hydrogens (tertiary/aromatic N) is 2. The second-order valence-corrected chi connectivity index (χ2v) is 6.78. The van der Waals surface area contributed by atoms with Crippen LogP contribution in [0.25, 0.3) is 22.5 Å². The molecule has 0 aliphatic rings. The van der Waals surface area contributed by atoms with Gasteiger partial charge in [0.1, 0.15) is 5.69 Å². The molecule has 0 N–H and O–H groups in total. The molecular formula is C19H21ClN2O4. The second-order valence-electron chi connectivity index (χ2n) is 6.02. The number of hydrogen-bond acceptors (Lipinski definition) is 4. The lowest BCUT2D eigenvalue weighted by Gasteiger charge is -2.17. The van der Waals surface area contributed by atoms with Crippen molar-refractivity contribution < 1.29 is 33.6 Å². The molecule has 26 heavy (non-hydrogen) atoms. The van der Waals surface area contributed by atoms with Crippen LogP contribution in [0.1, 0.15) is 11.1 Å². The number of benzene rings is 2. The average Bonchev–Trinajstić information content (AvgIpc) is 2.83. The lowest BCUT2D eigenvalue weighted by molar-refractivity contribution is -2.00. The number of halogens is 1. The van der Waals surface area contributed by atoms with E-state index in [1.165, 1.54) is 33.6 Å². The zero-order valence-electron chi connectivity index (χ0n) is 15.1. The van der Waals surface area contributed by atoms with E-state index >= 15 is 0 Å². The standard InChI is InChI=1S/C19H21N2.ClHO4/c1-14-10-11-17(15(2)12-14)19-13-18(20(3)21(19)4)16-8-6-5-7-9-16;2-1(3,4)5/h5-13H,1-4H3;(H,2,3,4,5)/q+1;/p-1. The molecule has 0 atom stereocenters. The Morgan fingerprint density at radius 1 is 0.885 bits per heavy atom. The van der Waals surface area contributed by atoms with Crippen molar-refractivity contribution in [3.05, 3.63) is 65.7 Å². The Kier molecular flexibility index (Phi) is 6.17. The minimum atomic E-state index is -4.94. The summed E-state index contributed by atoms with van der Waals surface area (Å²) in [5, 5.41) is 0. The van der Waals surface area contributed by atoms with E-state index in [2.05, 4.69) is 91.9 Å². The molecule has 3 rings (SSSR count). The summed E-state index contributed by atoms with van der Waals surface area (Å²) in [5.74, 6) is 0. The maximum absolute atomic E-state index is 8.49. The molecule has 138 valence electrons. The van der Waals surface area contributed by atoms with Crippen molar-refractivity contribution in [2.75, 3.05) is 0 Å². The van der Waals surface area contributed by atoms with Gasteiger partial charge in [-0.3, -0.25) is 0 Å². The molecule has 0 saturated heterocycles. The molecule has 7 heteroatoms. The van der Waals surface area contributed by atoms with E-state index < -0.39 is 10.2 Å². The van der Waals surface area contributed by atoms with Crippen LogP contribution >= 0.6 is 0 Å². The number of hydrogen-bond donors (Lipinski definition) is 0. The number of rotatable bonds is 2. The van der Waals surface area contributed by atoms with E-state index in [0.29, 0.717) is 0 Å². The first-order valence-corrected chi connectivity index (χ1v) is 9.12.